The quantitative estimate of drug-likeness (QED) is 0.528. The maximum absolute atomic E-state index is 11.9. The number of nitrogen functional groups attached to an aromatic ring is 1. The topological polar surface area (TPSA) is 137 Å². The second kappa shape index (κ2) is 6.23. The van der Waals surface area contributed by atoms with Gasteiger partial charge in [-0.05, 0) is 28.0 Å². The minimum Gasteiger partial charge on any atom is -0.378 e. The third-order valence-corrected chi connectivity index (χ3v) is 2.90. The number of carbonyl (C=O) groups is 1. The number of halogens is 1. The molecule has 23 heavy (non-hydrogen) atoms. The molecule has 3 N–H and O–H groups in total. The molecular formula is C12H9ClN8O2. The molecule has 0 saturated carbocycles. The van der Waals surface area contributed by atoms with E-state index in [0.29, 0.717) is 5.02 Å². The first kappa shape index (κ1) is 14.7. The molecular weight excluding hydrogens is 324 g/mol. The Morgan fingerprint density at radius 2 is 2.30 bits per heavy atom. The minimum atomic E-state index is -0.551. The molecule has 0 radical (unpaired) electrons. The number of anilines is 1. The number of benzene rings is 1. The normalized spacial score (nSPS) is 11.0. The summed E-state index contributed by atoms with van der Waals surface area (Å²) < 4.78 is 5.61. The fourth-order valence-electron chi connectivity index (χ4n) is 1.63. The van der Waals surface area contributed by atoms with Gasteiger partial charge in [0.25, 0.3) is 5.91 Å². The van der Waals surface area contributed by atoms with Crippen molar-refractivity contribution in [3.8, 4) is 5.82 Å². The van der Waals surface area contributed by atoms with Crippen LogP contribution in [0.5, 0.6) is 0 Å². The zero-order valence-corrected chi connectivity index (χ0v) is 12.2. The number of carbonyl (C=O) groups excluding carboxylic acids is 1. The lowest BCUT2D eigenvalue weighted by atomic mass is 10.2. The summed E-state index contributed by atoms with van der Waals surface area (Å²) in [6.45, 7) is 0. The van der Waals surface area contributed by atoms with Crippen molar-refractivity contribution in [3.05, 3.63) is 46.7 Å². The number of amides is 1. The van der Waals surface area contributed by atoms with Gasteiger partial charge in [-0.25, -0.2) is 10.1 Å². The molecule has 0 bridgehead atoms. The van der Waals surface area contributed by atoms with Crippen LogP contribution in [-0.4, -0.2) is 37.4 Å². The number of hydrazone groups is 1. The highest BCUT2D eigenvalue weighted by Crippen LogP contribution is 2.10. The molecule has 0 aliphatic carbocycles. The summed E-state index contributed by atoms with van der Waals surface area (Å²) in [6, 6.07) is 7.00. The van der Waals surface area contributed by atoms with Gasteiger partial charge < -0.3 is 5.73 Å². The van der Waals surface area contributed by atoms with Crippen LogP contribution >= 0.6 is 11.6 Å². The highest BCUT2D eigenvalue weighted by Gasteiger charge is 2.15. The van der Waals surface area contributed by atoms with E-state index in [-0.39, 0.29) is 17.3 Å². The third kappa shape index (κ3) is 3.32. The summed E-state index contributed by atoms with van der Waals surface area (Å²) in [6.07, 6.45) is 2.77. The van der Waals surface area contributed by atoms with Gasteiger partial charge in [0.05, 0.1) is 12.4 Å². The van der Waals surface area contributed by atoms with Crippen molar-refractivity contribution in [3.63, 3.8) is 0 Å². The van der Waals surface area contributed by atoms with Crippen LogP contribution in [0.25, 0.3) is 5.82 Å². The van der Waals surface area contributed by atoms with Crippen molar-refractivity contribution in [2.24, 2.45) is 5.10 Å². The molecule has 0 saturated heterocycles. The predicted octanol–water partition coefficient (Wildman–Crippen LogP) is 0.650. The summed E-state index contributed by atoms with van der Waals surface area (Å²) in [4.78, 5) is 11.9. The highest BCUT2D eigenvalue weighted by atomic mass is 35.5. The minimum absolute atomic E-state index is 0.0237. The monoisotopic (exact) mass is 332 g/mol. The lowest BCUT2D eigenvalue weighted by Crippen LogP contribution is -2.18. The number of nitrogens with zero attached hydrogens (tertiary/aromatic N) is 6. The molecule has 0 spiro atoms. The average Bonchev–Trinajstić information content (AvgIpc) is 3.15. The zero-order valence-electron chi connectivity index (χ0n) is 11.4. The van der Waals surface area contributed by atoms with Gasteiger partial charge in [-0.3, -0.25) is 4.79 Å². The van der Waals surface area contributed by atoms with Gasteiger partial charge in [-0.15, -0.1) is 5.10 Å². The molecule has 116 valence electrons. The van der Waals surface area contributed by atoms with Gasteiger partial charge in [0.15, 0.2) is 5.69 Å². The van der Waals surface area contributed by atoms with Crippen molar-refractivity contribution < 1.29 is 9.42 Å². The first-order chi connectivity index (χ1) is 11.1. The van der Waals surface area contributed by atoms with E-state index in [4.69, 9.17) is 17.3 Å². The summed E-state index contributed by atoms with van der Waals surface area (Å²) in [5.74, 6) is -0.385. The first-order valence-corrected chi connectivity index (χ1v) is 6.61. The number of nitrogens with one attached hydrogen (secondary N) is 1. The lowest BCUT2D eigenvalue weighted by molar-refractivity contribution is 0.0950. The van der Waals surface area contributed by atoms with E-state index in [0.717, 1.165) is 5.56 Å². The largest absolute Gasteiger partial charge is 0.378 e. The molecule has 0 aliphatic heterocycles. The SMILES string of the molecule is Nc1nonc1-n1cc(C(=O)N/N=C/c2cccc(Cl)c2)nn1. The molecule has 3 rings (SSSR count). The second-order valence-corrected chi connectivity index (χ2v) is 4.71. The van der Waals surface area contributed by atoms with Crippen molar-refractivity contribution in [2.75, 3.05) is 5.73 Å². The second-order valence-electron chi connectivity index (χ2n) is 4.28. The van der Waals surface area contributed by atoms with Gasteiger partial charge >= 0.3 is 0 Å². The molecule has 1 aromatic carbocycles. The fourth-order valence-corrected chi connectivity index (χ4v) is 1.83. The molecule has 0 aliphatic rings. The molecule has 2 aromatic heterocycles. The Bertz CT molecular complexity index is 871. The van der Waals surface area contributed by atoms with Crippen molar-refractivity contribution in [2.45, 2.75) is 0 Å². The van der Waals surface area contributed by atoms with Crippen LogP contribution in [0.2, 0.25) is 5.02 Å². The molecule has 0 atom stereocenters. The van der Waals surface area contributed by atoms with Gasteiger partial charge in [0.2, 0.25) is 11.6 Å². The summed E-state index contributed by atoms with van der Waals surface area (Å²) in [5.41, 5.74) is 8.61. The summed E-state index contributed by atoms with van der Waals surface area (Å²) in [7, 11) is 0. The van der Waals surface area contributed by atoms with Crippen LogP contribution in [0.15, 0.2) is 40.2 Å². The van der Waals surface area contributed by atoms with E-state index < -0.39 is 5.91 Å². The Hall–Kier alpha value is -3.27. The smallest absolute Gasteiger partial charge is 0.293 e. The molecule has 3 aromatic rings. The number of hydrogen-bond acceptors (Lipinski definition) is 8. The number of hydrogen-bond donors (Lipinski definition) is 2. The first-order valence-electron chi connectivity index (χ1n) is 6.23. The van der Waals surface area contributed by atoms with E-state index in [1.54, 1.807) is 24.3 Å². The van der Waals surface area contributed by atoms with Gasteiger partial charge in [0, 0.05) is 5.02 Å². The van der Waals surface area contributed by atoms with Crippen LogP contribution in [0.3, 0.4) is 0 Å². The molecule has 0 unspecified atom stereocenters. The van der Waals surface area contributed by atoms with Crippen LogP contribution in [-0.2, 0) is 0 Å². The van der Waals surface area contributed by atoms with Gasteiger partial charge in [-0.1, -0.05) is 28.9 Å². The standard InChI is InChI=1S/C12H9ClN8O2/c13-8-3-1-2-7(4-8)5-15-17-12(22)9-6-21(20-16-9)11-10(14)18-23-19-11/h1-6H,(H2,14,18)(H,17,22)/b15-5+. The van der Waals surface area contributed by atoms with Crippen molar-refractivity contribution in [1.82, 2.24) is 30.7 Å². The Kier molecular flexibility index (Phi) is 3.97. The maximum atomic E-state index is 11.9. The molecule has 2 heterocycles. The van der Waals surface area contributed by atoms with Crippen molar-refractivity contribution >= 4 is 29.5 Å². The zero-order chi connectivity index (χ0) is 16.2. The Morgan fingerprint density at radius 1 is 1.43 bits per heavy atom. The predicted molar refractivity (Wildman–Crippen MR) is 80.1 cm³/mol. The van der Waals surface area contributed by atoms with Gasteiger partial charge in [-0.2, -0.15) is 9.78 Å². The number of aromatic nitrogens is 5. The Labute approximate surface area is 133 Å². The lowest BCUT2D eigenvalue weighted by Gasteiger charge is -1.95. The Morgan fingerprint density at radius 3 is 3.04 bits per heavy atom. The summed E-state index contributed by atoms with van der Waals surface area (Å²) >= 11 is 5.85. The van der Waals surface area contributed by atoms with Crippen LogP contribution in [0.1, 0.15) is 16.1 Å². The van der Waals surface area contributed by atoms with E-state index >= 15 is 0 Å². The van der Waals surface area contributed by atoms with Crippen LogP contribution in [0, 0.1) is 0 Å². The highest BCUT2D eigenvalue weighted by molar-refractivity contribution is 6.30. The van der Waals surface area contributed by atoms with E-state index in [9.17, 15) is 4.79 Å². The van der Waals surface area contributed by atoms with Crippen molar-refractivity contribution in [1.29, 1.82) is 0 Å². The molecule has 11 heteroatoms. The summed E-state index contributed by atoms with van der Waals surface area (Å²) in [5, 5.41) is 18.7. The van der Waals surface area contributed by atoms with Gasteiger partial charge in [0.1, 0.15) is 0 Å². The maximum Gasteiger partial charge on any atom is 0.293 e. The average molecular weight is 333 g/mol. The number of rotatable bonds is 4. The Balaban J connectivity index is 1.67. The molecule has 1 amide bonds. The van der Waals surface area contributed by atoms with Crippen LogP contribution in [0.4, 0.5) is 5.82 Å². The van der Waals surface area contributed by atoms with E-state index in [2.05, 4.69) is 35.8 Å². The molecule has 10 nitrogen and oxygen atoms in total. The van der Waals surface area contributed by atoms with E-state index in [1.807, 2.05) is 0 Å². The van der Waals surface area contributed by atoms with E-state index in [1.165, 1.54) is 17.1 Å². The third-order valence-electron chi connectivity index (χ3n) is 2.67. The molecule has 0 fully saturated rings. The number of nitrogens with two attached hydrogens (primary N) is 1. The fraction of sp³-hybridized carbons (Fsp3) is 0. The van der Waals surface area contributed by atoms with Crippen LogP contribution < -0.4 is 11.2 Å².